The predicted octanol–water partition coefficient (Wildman–Crippen LogP) is 3.65. The second kappa shape index (κ2) is 5.53. The number of H-pyrrole nitrogens is 1. The van der Waals surface area contributed by atoms with Crippen LogP contribution in [-0.2, 0) is 4.79 Å². The van der Waals surface area contributed by atoms with Crippen molar-refractivity contribution in [3.63, 3.8) is 0 Å². The Bertz CT molecular complexity index is 880. The lowest BCUT2D eigenvalue weighted by molar-refractivity contribution is -0.110. The minimum atomic E-state index is -0.678. The number of fused-ring (bicyclic) bond motifs is 1. The van der Waals surface area contributed by atoms with Crippen LogP contribution in [0.2, 0.25) is 0 Å². The van der Waals surface area contributed by atoms with E-state index in [1.54, 1.807) is 0 Å². The van der Waals surface area contributed by atoms with Crippen LogP contribution in [0.4, 0.5) is 5.69 Å². The first kappa shape index (κ1) is 14.0. The number of rotatable bonds is 3. The van der Waals surface area contributed by atoms with Crippen LogP contribution in [0.5, 0.6) is 0 Å². The van der Waals surface area contributed by atoms with Crippen molar-refractivity contribution < 1.29 is 9.90 Å². The minimum absolute atomic E-state index is 0.127. The molecule has 0 aliphatic carbocycles. The third-order valence-corrected chi connectivity index (χ3v) is 4.80. The van der Waals surface area contributed by atoms with E-state index in [2.05, 4.69) is 10.3 Å². The van der Waals surface area contributed by atoms with Crippen LogP contribution in [0.25, 0.3) is 11.6 Å². The van der Waals surface area contributed by atoms with E-state index in [-0.39, 0.29) is 5.91 Å². The molecule has 0 bridgehead atoms. The fourth-order valence-electron chi connectivity index (χ4n) is 2.72. The van der Waals surface area contributed by atoms with Gasteiger partial charge in [0.25, 0.3) is 5.91 Å². The molecule has 3 aromatic rings. The fraction of sp³-hybridized carbons (Fsp3) is 0.0556. The lowest BCUT2D eigenvalue weighted by Gasteiger charge is -2.10. The van der Waals surface area contributed by atoms with Crippen LogP contribution in [-0.4, -0.2) is 16.0 Å². The largest absolute Gasteiger partial charge is 0.383 e. The van der Waals surface area contributed by atoms with Gasteiger partial charge >= 0.3 is 0 Å². The molecule has 5 heteroatoms. The number of hydrogen-bond donors (Lipinski definition) is 3. The molecular formula is C18H14N2O2S. The zero-order valence-electron chi connectivity index (χ0n) is 12.1. The smallest absolute Gasteiger partial charge is 0.256 e. The molecule has 0 fully saturated rings. The molecule has 3 heterocycles. The fourth-order valence-corrected chi connectivity index (χ4v) is 3.46. The first-order valence-corrected chi connectivity index (χ1v) is 8.12. The predicted molar refractivity (Wildman–Crippen MR) is 92.1 cm³/mol. The zero-order chi connectivity index (χ0) is 15.8. The van der Waals surface area contributed by atoms with Gasteiger partial charge in [-0.3, -0.25) is 4.79 Å². The van der Waals surface area contributed by atoms with Crippen molar-refractivity contribution in [3.8, 4) is 0 Å². The van der Waals surface area contributed by atoms with Crippen LogP contribution < -0.4 is 5.32 Å². The number of benzene rings is 1. The van der Waals surface area contributed by atoms with Gasteiger partial charge in [-0.2, -0.15) is 0 Å². The number of anilines is 1. The molecule has 4 rings (SSSR count). The number of amides is 1. The maximum Gasteiger partial charge on any atom is 0.256 e. The highest BCUT2D eigenvalue weighted by molar-refractivity contribution is 7.10. The van der Waals surface area contributed by atoms with Gasteiger partial charge in [0, 0.05) is 28.0 Å². The molecule has 3 N–H and O–H groups in total. The zero-order valence-corrected chi connectivity index (χ0v) is 12.9. The summed E-state index contributed by atoms with van der Waals surface area (Å²) in [6.07, 6.45) is 2.96. The quantitative estimate of drug-likeness (QED) is 0.644. The van der Waals surface area contributed by atoms with E-state index >= 15 is 0 Å². The third kappa shape index (κ3) is 2.50. The minimum Gasteiger partial charge on any atom is -0.383 e. The topological polar surface area (TPSA) is 65.1 Å². The normalized spacial score (nSPS) is 16.4. The van der Waals surface area contributed by atoms with E-state index in [1.807, 2.05) is 60.1 Å². The van der Waals surface area contributed by atoms with E-state index < -0.39 is 6.10 Å². The number of aromatic nitrogens is 1. The Labute approximate surface area is 137 Å². The molecular weight excluding hydrogens is 308 g/mol. The average Bonchev–Trinajstić information content (AvgIpc) is 3.29. The number of carbonyl (C=O) groups is 1. The molecule has 0 spiro atoms. The van der Waals surface area contributed by atoms with Gasteiger partial charge in [-0.05, 0) is 47.4 Å². The third-order valence-electron chi connectivity index (χ3n) is 3.88. The van der Waals surface area contributed by atoms with Crippen LogP contribution in [0.1, 0.15) is 27.8 Å². The summed E-state index contributed by atoms with van der Waals surface area (Å²) in [6, 6.07) is 13.2. The Morgan fingerprint density at radius 1 is 1.17 bits per heavy atom. The second-order valence-electron chi connectivity index (χ2n) is 5.36. The van der Waals surface area contributed by atoms with Gasteiger partial charge in [0.1, 0.15) is 6.10 Å². The molecule has 114 valence electrons. The van der Waals surface area contributed by atoms with E-state index in [4.69, 9.17) is 0 Å². The second-order valence-corrected chi connectivity index (χ2v) is 6.34. The molecule has 0 radical (unpaired) electrons. The molecule has 4 nitrogen and oxygen atoms in total. The molecule has 2 aromatic heterocycles. The summed E-state index contributed by atoms with van der Waals surface area (Å²) < 4.78 is 0. The summed E-state index contributed by atoms with van der Waals surface area (Å²) in [5, 5.41) is 15.3. The van der Waals surface area contributed by atoms with E-state index in [0.29, 0.717) is 5.57 Å². The van der Waals surface area contributed by atoms with Crippen molar-refractivity contribution in [2.75, 3.05) is 5.32 Å². The lowest BCUT2D eigenvalue weighted by atomic mass is 10.00. The van der Waals surface area contributed by atoms with Crippen LogP contribution in [0.3, 0.4) is 0 Å². The maximum absolute atomic E-state index is 12.2. The summed E-state index contributed by atoms with van der Waals surface area (Å²) >= 11 is 1.51. The average molecular weight is 322 g/mol. The van der Waals surface area contributed by atoms with Crippen LogP contribution >= 0.6 is 11.3 Å². The molecule has 0 saturated heterocycles. The first-order chi connectivity index (χ1) is 11.2. The summed E-state index contributed by atoms with van der Waals surface area (Å²) in [5.41, 5.74) is 3.84. The SMILES string of the molecule is O=C1Nc2ccc(C(O)c3cccs3)cc2/C1=C\c1ccc[nH]1. The van der Waals surface area contributed by atoms with Crippen LogP contribution in [0.15, 0.2) is 54.0 Å². The number of carbonyl (C=O) groups excluding carboxylic acids is 1. The number of hydrogen-bond acceptors (Lipinski definition) is 3. The van der Waals surface area contributed by atoms with Gasteiger partial charge < -0.3 is 15.4 Å². The van der Waals surface area contributed by atoms with Crippen molar-refractivity contribution in [1.82, 2.24) is 4.98 Å². The van der Waals surface area contributed by atoms with Gasteiger partial charge in [-0.1, -0.05) is 12.1 Å². The standard InChI is InChI=1S/C18H14N2O2S/c21-17(16-4-2-8-23-16)11-5-6-15-13(9-11)14(18(22)20-15)10-12-3-1-7-19-12/h1-10,17,19,21H,(H,20,22)/b14-10+. The summed E-state index contributed by atoms with van der Waals surface area (Å²) in [7, 11) is 0. The van der Waals surface area contributed by atoms with E-state index in [1.165, 1.54) is 11.3 Å². The number of thiophene rings is 1. The Morgan fingerprint density at radius 3 is 2.83 bits per heavy atom. The van der Waals surface area contributed by atoms with Gasteiger partial charge in [-0.15, -0.1) is 11.3 Å². The Hall–Kier alpha value is -2.63. The highest BCUT2D eigenvalue weighted by Crippen LogP contribution is 2.36. The number of aromatic amines is 1. The molecule has 1 aromatic carbocycles. The van der Waals surface area contributed by atoms with Crippen LogP contribution in [0, 0.1) is 0 Å². The molecule has 1 aliphatic rings. The Kier molecular flexibility index (Phi) is 3.37. The summed E-state index contributed by atoms with van der Waals surface area (Å²) in [4.78, 5) is 16.2. The van der Waals surface area contributed by atoms with Crippen molar-refractivity contribution in [2.45, 2.75) is 6.10 Å². The maximum atomic E-state index is 12.2. The Morgan fingerprint density at radius 2 is 2.09 bits per heavy atom. The molecule has 0 saturated carbocycles. The number of aliphatic hydroxyl groups excluding tert-OH is 1. The number of aliphatic hydroxyl groups is 1. The Balaban J connectivity index is 1.76. The first-order valence-electron chi connectivity index (χ1n) is 7.24. The molecule has 1 atom stereocenters. The number of nitrogens with one attached hydrogen (secondary N) is 2. The lowest BCUT2D eigenvalue weighted by Crippen LogP contribution is -2.03. The highest BCUT2D eigenvalue weighted by atomic mass is 32.1. The van der Waals surface area contributed by atoms with Crippen molar-refractivity contribution in [3.05, 3.63) is 75.7 Å². The molecule has 1 unspecified atom stereocenters. The van der Waals surface area contributed by atoms with Gasteiger partial charge in [0.05, 0.1) is 5.57 Å². The molecule has 23 heavy (non-hydrogen) atoms. The highest BCUT2D eigenvalue weighted by Gasteiger charge is 2.25. The summed E-state index contributed by atoms with van der Waals surface area (Å²) in [5.74, 6) is -0.127. The van der Waals surface area contributed by atoms with Gasteiger partial charge in [-0.25, -0.2) is 0 Å². The monoisotopic (exact) mass is 322 g/mol. The van der Waals surface area contributed by atoms with Crippen molar-refractivity contribution in [2.24, 2.45) is 0 Å². The molecule has 1 aliphatic heterocycles. The summed E-state index contributed by atoms with van der Waals surface area (Å²) in [6.45, 7) is 0. The van der Waals surface area contributed by atoms with Crippen molar-refractivity contribution >= 4 is 34.6 Å². The van der Waals surface area contributed by atoms with Gasteiger partial charge in [0.15, 0.2) is 0 Å². The van der Waals surface area contributed by atoms with E-state index in [9.17, 15) is 9.90 Å². The van der Waals surface area contributed by atoms with Gasteiger partial charge in [0.2, 0.25) is 0 Å². The van der Waals surface area contributed by atoms with E-state index in [0.717, 1.165) is 27.4 Å². The molecule has 1 amide bonds. The van der Waals surface area contributed by atoms with Crippen molar-refractivity contribution in [1.29, 1.82) is 0 Å².